The maximum Gasteiger partial charge on any atom is 0.410 e. The molecule has 0 aliphatic heterocycles. The third kappa shape index (κ3) is 3.43. The Kier molecular flexibility index (Phi) is 4.26. The lowest BCUT2D eigenvalue weighted by Crippen LogP contribution is -2.51. The van der Waals surface area contributed by atoms with Gasteiger partial charge < -0.3 is 14.7 Å². The first kappa shape index (κ1) is 16.8. The van der Waals surface area contributed by atoms with Gasteiger partial charge in [-0.25, -0.2) is 9.59 Å². The molecule has 1 heterocycles. The molecular weight excluding hydrogens is 302 g/mol. The third-order valence-corrected chi connectivity index (χ3v) is 5.22. The Morgan fingerprint density at radius 1 is 1.41 bits per heavy atom. The molecule has 1 aliphatic rings. The molecule has 1 N–H and O–H groups in total. The largest absolute Gasteiger partial charge is 0.477 e. The number of carbonyl (C=O) groups excluding carboxylic acids is 1. The Morgan fingerprint density at radius 2 is 2.05 bits per heavy atom. The molecule has 6 heteroatoms. The predicted octanol–water partition coefficient (Wildman–Crippen LogP) is 3.56. The summed E-state index contributed by atoms with van der Waals surface area (Å²) >= 11 is 1.31. The molecule has 5 nitrogen and oxygen atoms in total. The minimum Gasteiger partial charge on any atom is -0.477 e. The highest BCUT2D eigenvalue weighted by Gasteiger charge is 2.39. The van der Waals surface area contributed by atoms with E-state index in [4.69, 9.17) is 9.84 Å². The molecule has 1 aliphatic carbocycles. The lowest BCUT2D eigenvalue weighted by molar-refractivity contribution is 0.00570. The smallest absolute Gasteiger partial charge is 0.410 e. The Hall–Kier alpha value is -1.56. The van der Waals surface area contributed by atoms with Crippen LogP contribution in [0.2, 0.25) is 0 Å². The van der Waals surface area contributed by atoms with Crippen LogP contribution in [0, 0.1) is 0 Å². The maximum atomic E-state index is 12.3. The van der Waals surface area contributed by atoms with E-state index in [1.54, 1.807) is 18.0 Å². The zero-order valence-electron chi connectivity index (χ0n) is 13.7. The van der Waals surface area contributed by atoms with E-state index in [0.717, 1.165) is 23.3 Å². The van der Waals surface area contributed by atoms with Crippen molar-refractivity contribution in [1.29, 1.82) is 0 Å². The number of ether oxygens (including phenoxy) is 1. The Morgan fingerprint density at radius 3 is 2.59 bits per heavy atom. The van der Waals surface area contributed by atoms with Gasteiger partial charge in [0, 0.05) is 23.9 Å². The topological polar surface area (TPSA) is 66.8 Å². The lowest BCUT2D eigenvalue weighted by atomic mass is 9.82. The predicted molar refractivity (Wildman–Crippen MR) is 85.7 cm³/mol. The van der Waals surface area contributed by atoms with Gasteiger partial charge in [0.15, 0.2) is 0 Å². The van der Waals surface area contributed by atoms with Gasteiger partial charge in [0.05, 0.1) is 0 Å². The number of hydrogen-bond donors (Lipinski definition) is 1. The van der Waals surface area contributed by atoms with Crippen LogP contribution in [0.4, 0.5) is 4.79 Å². The van der Waals surface area contributed by atoms with E-state index < -0.39 is 11.6 Å². The highest BCUT2D eigenvalue weighted by molar-refractivity contribution is 7.14. The summed E-state index contributed by atoms with van der Waals surface area (Å²) in [5.41, 5.74) is 0.217. The number of thiophene rings is 1. The van der Waals surface area contributed by atoms with E-state index >= 15 is 0 Å². The summed E-state index contributed by atoms with van der Waals surface area (Å²) in [5.74, 6) is -0.887. The summed E-state index contributed by atoms with van der Waals surface area (Å²) in [4.78, 5) is 26.5. The van der Waals surface area contributed by atoms with Crippen LogP contribution in [-0.4, -0.2) is 40.3 Å². The second-order valence-corrected chi connectivity index (χ2v) is 8.21. The number of rotatable bonds is 2. The summed E-state index contributed by atoms with van der Waals surface area (Å²) in [5, 5.41) is 9.12. The second kappa shape index (κ2) is 5.57. The number of fused-ring (bicyclic) bond motifs is 1. The van der Waals surface area contributed by atoms with Crippen LogP contribution >= 0.6 is 11.3 Å². The molecular formula is C16H23NO4S. The van der Waals surface area contributed by atoms with Crippen LogP contribution in [-0.2, 0) is 17.6 Å². The molecule has 22 heavy (non-hydrogen) atoms. The van der Waals surface area contributed by atoms with E-state index in [9.17, 15) is 9.59 Å². The average molecular weight is 325 g/mol. The molecule has 0 fully saturated rings. The Bertz CT molecular complexity index is 602. The molecule has 0 saturated heterocycles. The van der Waals surface area contributed by atoms with Crippen molar-refractivity contribution in [2.24, 2.45) is 0 Å². The second-order valence-electron chi connectivity index (χ2n) is 7.08. The first-order valence-corrected chi connectivity index (χ1v) is 8.15. The van der Waals surface area contributed by atoms with E-state index in [-0.39, 0.29) is 11.6 Å². The van der Waals surface area contributed by atoms with Gasteiger partial charge in [-0.2, -0.15) is 0 Å². The third-order valence-electron chi connectivity index (χ3n) is 4.06. The molecule has 2 rings (SSSR count). The van der Waals surface area contributed by atoms with Crippen molar-refractivity contribution in [3.05, 3.63) is 21.4 Å². The van der Waals surface area contributed by atoms with Gasteiger partial charge >= 0.3 is 12.1 Å². The molecule has 0 radical (unpaired) electrons. The SMILES string of the molecule is CN(C(=O)OC(C)(C)C)C1(C)CCc2cc(C(=O)O)sc2C1. The van der Waals surface area contributed by atoms with Crippen LogP contribution in [0.5, 0.6) is 0 Å². The lowest BCUT2D eigenvalue weighted by Gasteiger charge is -2.41. The van der Waals surface area contributed by atoms with E-state index in [1.165, 1.54) is 11.3 Å². The van der Waals surface area contributed by atoms with Crippen molar-refractivity contribution < 1.29 is 19.4 Å². The number of amides is 1. The van der Waals surface area contributed by atoms with Crippen molar-refractivity contribution in [1.82, 2.24) is 4.90 Å². The van der Waals surface area contributed by atoms with Gasteiger partial charge in [0.25, 0.3) is 0 Å². The van der Waals surface area contributed by atoms with Crippen molar-refractivity contribution in [2.75, 3.05) is 7.05 Å². The van der Waals surface area contributed by atoms with Crippen LogP contribution < -0.4 is 0 Å². The van der Waals surface area contributed by atoms with Crippen molar-refractivity contribution >= 4 is 23.4 Å². The number of likely N-dealkylation sites (N-methyl/N-ethyl adjacent to an activating group) is 1. The fourth-order valence-electron chi connectivity index (χ4n) is 2.61. The van der Waals surface area contributed by atoms with Crippen molar-refractivity contribution in [2.45, 2.75) is 58.1 Å². The van der Waals surface area contributed by atoms with Gasteiger partial charge in [0.2, 0.25) is 0 Å². The number of nitrogens with zero attached hydrogens (tertiary/aromatic N) is 1. The number of carboxylic acid groups (broad SMARTS) is 1. The van der Waals surface area contributed by atoms with Gasteiger partial charge in [-0.3, -0.25) is 0 Å². The summed E-state index contributed by atoms with van der Waals surface area (Å²) < 4.78 is 5.45. The number of aryl methyl sites for hydroxylation is 1. The zero-order chi connectivity index (χ0) is 16.7. The van der Waals surface area contributed by atoms with E-state index in [1.807, 2.05) is 27.7 Å². The maximum absolute atomic E-state index is 12.3. The molecule has 1 unspecified atom stereocenters. The van der Waals surface area contributed by atoms with Crippen LogP contribution in [0.1, 0.15) is 54.2 Å². The number of carboxylic acids is 1. The quantitative estimate of drug-likeness (QED) is 0.903. The van der Waals surface area contributed by atoms with E-state index in [2.05, 4.69) is 0 Å². The Labute approximate surface area is 134 Å². The van der Waals surface area contributed by atoms with Crippen molar-refractivity contribution in [3.8, 4) is 0 Å². The number of hydrogen-bond acceptors (Lipinski definition) is 4. The molecule has 1 atom stereocenters. The van der Waals surface area contributed by atoms with Gasteiger partial charge in [-0.15, -0.1) is 11.3 Å². The van der Waals surface area contributed by atoms with Crippen molar-refractivity contribution in [3.63, 3.8) is 0 Å². The monoisotopic (exact) mass is 325 g/mol. The van der Waals surface area contributed by atoms with Gasteiger partial charge in [-0.1, -0.05) is 0 Å². The first-order valence-electron chi connectivity index (χ1n) is 7.33. The molecule has 0 aromatic carbocycles. The molecule has 122 valence electrons. The molecule has 1 amide bonds. The summed E-state index contributed by atoms with van der Waals surface area (Å²) in [7, 11) is 1.75. The Balaban J connectivity index is 2.18. The normalized spacial score (nSPS) is 21.1. The fourth-order valence-corrected chi connectivity index (χ4v) is 3.84. The van der Waals surface area contributed by atoms with Crippen LogP contribution in [0.15, 0.2) is 6.07 Å². The minimum absolute atomic E-state index is 0.339. The first-order chi connectivity index (χ1) is 10.0. The van der Waals surface area contributed by atoms with Crippen LogP contribution in [0.3, 0.4) is 0 Å². The molecule has 1 aromatic heterocycles. The molecule has 0 saturated carbocycles. The standard InChI is InChI=1S/C16H23NO4S/c1-15(2,3)21-14(20)17(5)16(4)7-6-10-8-11(13(18)19)22-12(10)9-16/h8H,6-7,9H2,1-5H3,(H,18,19). The van der Waals surface area contributed by atoms with Gasteiger partial charge in [0.1, 0.15) is 10.5 Å². The number of aromatic carboxylic acids is 1. The van der Waals surface area contributed by atoms with Gasteiger partial charge in [-0.05, 0) is 52.2 Å². The summed E-state index contributed by atoms with van der Waals surface area (Å²) in [6.07, 6.45) is 1.90. The van der Waals surface area contributed by atoms with Crippen LogP contribution in [0.25, 0.3) is 0 Å². The van der Waals surface area contributed by atoms with E-state index in [0.29, 0.717) is 11.3 Å². The molecule has 0 spiro atoms. The summed E-state index contributed by atoms with van der Waals surface area (Å²) in [6, 6.07) is 1.76. The highest BCUT2D eigenvalue weighted by Crippen LogP contribution is 2.37. The fraction of sp³-hybridized carbons (Fsp3) is 0.625. The number of carbonyl (C=O) groups is 2. The minimum atomic E-state index is -0.887. The zero-order valence-corrected chi connectivity index (χ0v) is 14.5. The average Bonchev–Trinajstić information content (AvgIpc) is 2.78. The molecule has 1 aromatic rings. The molecule has 0 bridgehead atoms. The highest BCUT2D eigenvalue weighted by atomic mass is 32.1. The summed E-state index contributed by atoms with van der Waals surface area (Å²) in [6.45, 7) is 7.56.